The van der Waals surface area contributed by atoms with Crippen molar-refractivity contribution >= 4 is 11.8 Å². The fourth-order valence-electron chi connectivity index (χ4n) is 1.38. The molecular formula is C8H17NO5S. The Balaban J connectivity index is 2.46. The van der Waals surface area contributed by atoms with Gasteiger partial charge in [-0.15, -0.1) is 11.8 Å². The van der Waals surface area contributed by atoms with E-state index in [0.29, 0.717) is 0 Å². The van der Waals surface area contributed by atoms with Crippen LogP contribution >= 0.6 is 11.8 Å². The van der Waals surface area contributed by atoms with E-state index >= 15 is 0 Å². The molecule has 0 aliphatic carbocycles. The zero-order valence-corrected chi connectivity index (χ0v) is 8.97. The fraction of sp³-hybridized carbons (Fsp3) is 1.00. The lowest BCUT2D eigenvalue weighted by Crippen LogP contribution is -2.51. The summed E-state index contributed by atoms with van der Waals surface area (Å²) in [6.45, 7) is 0.0773. The molecule has 1 fully saturated rings. The van der Waals surface area contributed by atoms with Gasteiger partial charge in [0.2, 0.25) is 0 Å². The van der Waals surface area contributed by atoms with Crippen LogP contribution in [0.15, 0.2) is 0 Å². The number of rotatable bonds is 5. The Morgan fingerprint density at radius 1 is 1.20 bits per heavy atom. The van der Waals surface area contributed by atoms with Gasteiger partial charge in [0.05, 0.1) is 12.0 Å². The number of aliphatic hydroxyl groups excluding tert-OH is 5. The van der Waals surface area contributed by atoms with Crippen LogP contribution in [0.3, 0.4) is 0 Å². The summed E-state index contributed by atoms with van der Waals surface area (Å²) in [4.78, 5) is 0. The third-order valence-corrected chi connectivity index (χ3v) is 3.58. The van der Waals surface area contributed by atoms with Crippen molar-refractivity contribution < 1.29 is 25.5 Å². The van der Waals surface area contributed by atoms with Crippen molar-refractivity contribution in [2.75, 3.05) is 18.9 Å². The van der Waals surface area contributed by atoms with Crippen molar-refractivity contribution in [1.82, 2.24) is 5.32 Å². The van der Waals surface area contributed by atoms with E-state index in [1.54, 1.807) is 0 Å². The third-order valence-electron chi connectivity index (χ3n) is 2.34. The molecule has 1 heterocycles. The normalized spacial score (nSPS) is 29.8. The molecule has 1 rings (SSSR count). The summed E-state index contributed by atoms with van der Waals surface area (Å²) in [6, 6.07) is 0. The average molecular weight is 239 g/mol. The van der Waals surface area contributed by atoms with Crippen molar-refractivity contribution in [3.63, 3.8) is 0 Å². The molecule has 0 aromatic rings. The molecule has 1 aliphatic heterocycles. The maximum Gasteiger partial charge on any atom is 0.111 e. The van der Waals surface area contributed by atoms with Gasteiger partial charge in [-0.2, -0.15) is 0 Å². The summed E-state index contributed by atoms with van der Waals surface area (Å²) in [5.74, 6) is 0.826. The molecule has 6 nitrogen and oxygen atoms in total. The average Bonchev–Trinajstić information content (AvgIpc) is 2.78. The van der Waals surface area contributed by atoms with Gasteiger partial charge in [-0.05, 0) is 0 Å². The van der Waals surface area contributed by atoms with Gasteiger partial charge in [-0.25, -0.2) is 0 Å². The Morgan fingerprint density at radius 2 is 1.87 bits per heavy atom. The van der Waals surface area contributed by atoms with E-state index in [2.05, 4.69) is 5.32 Å². The molecule has 5 atom stereocenters. The van der Waals surface area contributed by atoms with Gasteiger partial charge in [0, 0.05) is 12.3 Å². The highest BCUT2D eigenvalue weighted by Gasteiger charge is 2.35. The molecule has 90 valence electrons. The summed E-state index contributed by atoms with van der Waals surface area (Å²) in [5.41, 5.74) is 0. The highest BCUT2D eigenvalue weighted by Crippen LogP contribution is 2.20. The molecule has 6 N–H and O–H groups in total. The lowest BCUT2D eigenvalue weighted by atomic mass is 10.0. The van der Waals surface area contributed by atoms with Crippen LogP contribution in [0.5, 0.6) is 0 Å². The number of hydrogen-bond donors (Lipinski definition) is 6. The lowest BCUT2D eigenvalue weighted by molar-refractivity contribution is -0.115. The van der Waals surface area contributed by atoms with Gasteiger partial charge in [0.1, 0.15) is 24.4 Å². The second-order valence-corrected chi connectivity index (χ2v) is 4.72. The summed E-state index contributed by atoms with van der Waals surface area (Å²) in [7, 11) is 0. The summed E-state index contributed by atoms with van der Waals surface area (Å²) in [6.07, 6.45) is -5.64. The van der Waals surface area contributed by atoms with Crippen LogP contribution < -0.4 is 5.32 Å². The van der Waals surface area contributed by atoms with E-state index in [-0.39, 0.29) is 5.37 Å². The molecule has 1 aliphatic rings. The van der Waals surface area contributed by atoms with Crippen LogP contribution in [0.25, 0.3) is 0 Å². The molecule has 0 aromatic carbocycles. The smallest absolute Gasteiger partial charge is 0.111 e. The van der Waals surface area contributed by atoms with Gasteiger partial charge in [0.25, 0.3) is 0 Å². The first-order valence-corrected chi connectivity index (χ1v) is 5.81. The van der Waals surface area contributed by atoms with Crippen molar-refractivity contribution in [3.8, 4) is 0 Å². The summed E-state index contributed by atoms with van der Waals surface area (Å²) >= 11 is 1.44. The van der Waals surface area contributed by atoms with Gasteiger partial charge >= 0.3 is 0 Å². The standard InChI is InChI=1S/C8H17NO5S/c10-3-4(11)5(12)6(13)7(14)8-9-1-2-15-8/h4-14H,1-3H2/t4-,5-,6-,7+,8+/m1/s1. The minimum Gasteiger partial charge on any atom is -0.394 e. The minimum atomic E-state index is -1.55. The number of hydrogen-bond acceptors (Lipinski definition) is 7. The SMILES string of the molecule is OC[C@@H](O)[C@@H](O)[C@@H](O)[C@H](O)[C@H]1NCCS1. The Labute approximate surface area is 91.9 Å². The van der Waals surface area contributed by atoms with Crippen LogP contribution in [-0.2, 0) is 0 Å². The van der Waals surface area contributed by atoms with Crippen molar-refractivity contribution in [2.24, 2.45) is 0 Å². The lowest BCUT2D eigenvalue weighted by Gasteiger charge is -2.28. The fourth-order valence-corrected chi connectivity index (χ4v) is 2.47. The Kier molecular flexibility index (Phi) is 5.27. The number of aliphatic hydroxyl groups is 5. The quantitative estimate of drug-likeness (QED) is 0.305. The molecule has 0 radical (unpaired) electrons. The highest BCUT2D eigenvalue weighted by atomic mass is 32.2. The molecule has 1 saturated heterocycles. The van der Waals surface area contributed by atoms with E-state index in [0.717, 1.165) is 12.3 Å². The molecular weight excluding hydrogens is 222 g/mol. The molecule has 0 aromatic heterocycles. The zero-order valence-electron chi connectivity index (χ0n) is 8.15. The zero-order chi connectivity index (χ0) is 11.4. The van der Waals surface area contributed by atoms with Crippen molar-refractivity contribution in [1.29, 1.82) is 0 Å². The molecule has 0 bridgehead atoms. The van der Waals surface area contributed by atoms with E-state index in [1.165, 1.54) is 11.8 Å². The highest BCUT2D eigenvalue weighted by molar-refractivity contribution is 8.00. The monoisotopic (exact) mass is 239 g/mol. The number of thioether (sulfide) groups is 1. The van der Waals surface area contributed by atoms with Gasteiger partial charge in [-0.1, -0.05) is 0 Å². The van der Waals surface area contributed by atoms with E-state index in [1.807, 2.05) is 0 Å². The van der Waals surface area contributed by atoms with Crippen molar-refractivity contribution in [2.45, 2.75) is 29.8 Å². The predicted molar refractivity (Wildman–Crippen MR) is 55.4 cm³/mol. The first-order chi connectivity index (χ1) is 7.07. The van der Waals surface area contributed by atoms with Gasteiger partial charge < -0.3 is 30.8 Å². The third kappa shape index (κ3) is 3.28. The summed E-state index contributed by atoms with van der Waals surface area (Å²) < 4.78 is 0. The molecule has 7 heteroatoms. The second-order valence-electron chi connectivity index (χ2n) is 3.47. The van der Waals surface area contributed by atoms with E-state index < -0.39 is 31.0 Å². The molecule has 0 unspecified atom stereocenters. The molecule has 0 saturated carbocycles. The topological polar surface area (TPSA) is 113 Å². The van der Waals surface area contributed by atoms with Crippen LogP contribution in [0, 0.1) is 0 Å². The first-order valence-electron chi connectivity index (χ1n) is 4.76. The Hall–Kier alpha value is 0.110. The van der Waals surface area contributed by atoms with E-state index in [4.69, 9.17) is 10.2 Å². The van der Waals surface area contributed by atoms with E-state index in [9.17, 15) is 15.3 Å². The molecule has 0 spiro atoms. The van der Waals surface area contributed by atoms with Crippen LogP contribution in [-0.4, -0.2) is 74.2 Å². The Morgan fingerprint density at radius 3 is 2.33 bits per heavy atom. The molecule has 0 amide bonds. The van der Waals surface area contributed by atoms with Crippen LogP contribution in [0.1, 0.15) is 0 Å². The first kappa shape index (κ1) is 13.2. The summed E-state index contributed by atoms with van der Waals surface area (Å²) in [5, 5.41) is 48.8. The molecule has 15 heavy (non-hydrogen) atoms. The maximum atomic E-state index is 9.65. The minimum absolute atomic E-state index is 0.347. The predicted octanol–water partition coefficient (Wildman–Crippen LogP) is -2.92. The van der Waals surface area contributed by atoms with Crippen molar-refractivity contribution in [3.05, 3.63) is 0 Å². The van der Waals surface area contributed by atoms with Crippen LogP contribution in [0.2, 0.25) is 0 Å². The van der Waals surface area contributed by atoms with Crippen LogP contribution in [0.4, 0.5) is 0 Å². The maximum absolute atomic E-state index is 9.65. The second kappa shape index (κ2) is 6.00. The number of nitrogens with one attached hydrogen (secondary N) is 1. The van der Waals surface area contributed by atoms with Gasteiger partial charge in [0.15, 0.2) is 0 Å². The van der Waals surface area contributed by atoms with Gasteiger partial charge in [-0.3, -0.25) is 0 Å². The Bertz CT molecular complexity index is 190. The largest absolute Gasteiger partial charge is 0.394 e.